The summed E-state index contributed by atoms with van der Waals surface area (Å²) in [5.74, 6) is 0.602. The van der Waals surface area contributed by atoms with Crippen molar-refractivity contribution in [3.63, 3.8) is 0 Å². The third-order valence-electron chi connectivity index (χ3n) is 5.05. The zero-order valence-electron chi connectivity index (χ0n) is 17.3. The number of fused-ring (bicyclic) bond motifs is 1. The van der Waals surface area contributed by atoms with Gasteiger partial charge in [-0.2, -0.15) is 0 Å². The number of amides is 2. The quantitative estimate of drug-likeness (QED) is 0.569. The number of para-hydroxylation sites is 2. The molecule has 4 rings (SSSR count). The highest BCUT2D eigenvalue weighted by Gasteiger charge is 2.33. The predicted octanol–water partition coefficient (Wildman–Crippen LogP) is 4.47. The zero-order valence-corrected chi connectivity index (χ0v) is 18.1. The molecule has 1 aromatic heterocycles. The maximum absolute atomic E-state index is 12.9. The van der Waals surface area contributed by atoms with E-state index in [9.17, 15) is 9.59 Å². The average Bonchev–Trinajstić information content (AvgIpc) is 3.35. The van der Waals surface area contributed by atoms with Gasteiger partial charge in [-0.05, 0) is 56.2 Å². The molecular weight excluding hydrogens is 414 g/mol. The standard InChI is InChI=1S/C23H23N3O4S/c1-3-30-18-7-5-4-6-17(18)24-22(28)16-12-13-19-20(16)25-23(31-19)26-21(27)14-8-10-15(29-2)11-9-14/h4-11,16H,3,12-13H2,1-2H3,(H,24,28)(H,25,26,27). The smallest absolute Gasteiger partial charge is 0.257 e. The van der Waals surface area contributed by atoms with E-state index < -0.39 is 0 Å². The summed E-state index contributed by atoms with van der Waals surface area (Å²) in [6, 6.07) is 14.2. The van der Waals surface area contributed by atoms with E-state index in [2.05, 4.69) is 15.6 Å². The first-order valence-corrected chi connectivity index (χ1v) is 10.9. The maximum Gasteiger partial charge on any atom is 0.257 e. The van der Waals surface area contributed by atoms with Crippen molar-refractivity contribution in [3.8, 4) is 11.5 Å². The summed E-state index contributed by atoms with van der Waals surface area (Å²) < 4.78 is 10.7. The monoisotopic (exact) mass is 437 g/mol. The number of nitrogens with zero attached hydrogens (tertiary/aromatic N) is 1. The van der Waals surface area contributed by atoms with Gasteiger partial charge in [0.2, 0.25) is 5.91 Å². The van der Waals surface area contributed by atoms with Gasteiger partial charge in [0, 0.05) is 10.4 Å². The van der Waals surface area contributed by atoms with Crippen LogP contribution in [0.25, 0.3) is 0 Å². The molecule has 0 saturated carbocycles. The molecule has 1 aliphatic rings. The number of rotatable bonds is 7. The van der Waals surface area contributed by atoms with Crippen molar-refractivity contribution in [2.45, 2.75) is 25.7 Å². The molecule has 3 aromatic rings. The number of ether oxygens (including phenoxy) is 2. The van der Waals surface area contributed by atoms with Crippen LogP contribution in [0.4, 0.5) is 10.8 Å². The summed E-state index contributed by atoms with van der Waals surface area (Å²) in [5.41, 5.74) is 1.89. The second kappa shape index (κ2) is 9.18. The fourth-order valence-corrected chi connectivity index (χ4v) is 4.55. The van der Waals surface area contributed by atoms with E-state index in [1.165, 1.54) is 11.3 Å². The number of thiazole rings is 1. The van der Waals surface area contributed by atoms with Crippen LogP contribution >= 0.6 is 11.3 Å². The Balaban J connectivity index is 1.45. The predicted molar refractivity (Wildman–Crippen MR) is 120 cm³/mol. The van der Waals surface area contributed by atoms with Gasteiger partial charge in [0.05, 0.1) is 31.0 Å². The lowest BCUT2D eigenvalue weighted by molar-refractivity contribution is -0.117. The molecule has 160 valence electrons. The average molecular weight is 438 g/mol. The van der Waals surface area contributed by atoms with E-state index in [4.69, 9.17) is 9.47 Å². The Hall–Kier alpha value is -3.39. The molecule has 0 radical (unpaired) electrons. The van der Waals surface area contributed by atoms with Crippen LogP contribution in [-0.2, 0) is 11.2 Å². The van der Waals surface area contributed by atoms with Crippen LogP contribution in [0.3, 0.4) is 0 Å². The van der Waals surface area contributed by atoms with Crippen molar-refractivity contribution in [2.24, 2.45) is 0 Å². The molecule has 2 N–H and O–H groups in total. The van der Waals surface area contributed by atoms with Crippen molar-refractivity contribution in [1.82, 2.24) is 4.98 Å². The largest absolute Gasteiger partial charge is 0.497 e. The highest BCUT2D eigenvalue weighted by molar-refractivity contribution is 7.16. The molecule has 1 aliphatic carbocycles. The first kappa shape index (κ1) is 20.9. The molecule has 2 amide bonds. The lowest BCUT2D eigenvalue weighted by Gasteiger charge is -2.14. The van der Waals surface area contributed by atoms with Crippen LogP contribution in [0.5, 0.6) is 11.5 Å². The van der Waals surface area contributed by atoms with E-state index in [0.29, 0.717) is 40.9 Å². The molecule has 0 saturated heterocycles. The first-order chi connectivity index (χ1) is 15.1. The Bertz CT molecular complexity index is 1090. The summed E-state index contributed by atoms with van der Waals surface area (Å²) >= 11 is 1.42. The van der Waals surface area contributed by atoms with Crippen LogP contribution in [-0.4, -0.2) is 30.5 Å². The molecule has 0 spiro atoms. The fraction of sp³-hybridized carbons (Fsp3) is 0.261. The number of methoxy groups -OCH3 is 1. The van der Waals surface area contributed by atoms with Crippen molar-refractivity contribution < 1.29 is 19.1 Å². The molecule has 1 atom stereocenters. The van der Waals surface area contributed by atoms with Crippen LogP contribution in [0.2, 0.25) is 0 Å². The molecular formula is C23H23N3O4S. The topological polar surface area (TPSA) is 89.6 Å². The van der Waals surface area contributed by atoms with E-state index in [0.717, 1.165) is 17.0 Å². The summed E-state index contributed by atoms with van der Waals surface area (Å²) in [6.07, 6.45) is 1.46. The number of benzene rings is 2. The Morgan fingerprint density at radius 3 is 2.65 bits per heavy atom. The lowest BCUT2D eigenvalue weighted by atomic mass is 10.1. The van der Waals surface area contributed by atoms with E-state index in [1.54, 1.807) is 31.4 Å². The summed E-state index contributed by atoms with van der Waals surface area (Å²) in [6.45, 7) is 2.42. The second-order valence-electron chi connectivity index (χ2n) is 7.02. The van der Waals surface area contributed by atoms with Gasteiger partial charge in [0.15, 0.2) is 5.13 Å². The van der Waals surface area contributed by atoms with E-state index in [1.807, 2.05) is 31.2 Å². The van der Waals surface area contributed by atoms with Gasteiger partial charge in [-0.25, -0.2) is 4.98 Å². The molecule has 1 heterocycles. The van der Waals surface area contributed by atoms with Crippen molar-refractivity contribution in [3.05, 3.63) is 64.7 Å². The number of nitrogens with one attached hydrogen (secondary N) is 2. The molecule has 1 unspecified atom stereocenters. The van der Waals surface area contributed by atoms with Crippen molar-refractivity contribution in [1.29, 1.82) is 0 Å². The zero-order chi connectivity index (χ0) is 21.8. The molecule has 8 heteroatoms. The van der Waals surface area contributed by atoms with Gasteiger partial charge < -0.3 is 14.8 Å². The fourth-order valence-electron chi connectivity index (χ4n) is 3.52. The van der Waals surface area contributed by atoms with Crippen molar-refractivity contribution in [2.75, 3.05) is 24.4 Å². The molecule has 7 nitrogen and oxygen atoms in total. The molecule has 0 aliphatic heterocycles. The van der Waals surface area contributed by atoms with Gasteiger partial charge >= 0.3 is 0 Å². The van der Waals surface area contributed by atoms with Gasteiger partial charge in [0.25, 0.3) is 5.91 Å². The Kier molecular flexibility index (Phi) is 6.18. The highest BCUT2D eigenvalue weighted by atomic mass is 32.1. The molecule has 31 heavy (non-hydrogen) atoms. The van der Waals surface area contributed by atoms with Crippen LogP contribution in [0, 0.1) is 0 Å². The van der Waals surface area contributed by atoms with E-state index >= 15 is 0 Å². The van der Waals surface area contributed by atoms with Crippen LogP contribution < -0.4 is 20.1 Å². The Labute approximate surface area is 184 Å². The van der Waals surface area contributed by atoms with Crippen LogP contribution in [0.1, 0.15) is 40.2 Å². The van der Waals surface area contributed by atoms with Gasteiger partial charge in [0.1, 0.15) is 11.5 Å². The molecule has 0 bridgehead atoms. The maximum atomic E-state index is 12.9. The Morgan fingerprint density at radius 1 is 1.13 bits per heavy atom. The van der Waals surface area contributed by atoms with E-state index in [-0.39, 0.29) is 17.7 Å². The van der Waals surface area contributed by atoms with Crippen molar-refractivity contribution >= 4 is 34.0 Å². The number of carbonyl (C=O) groups is 2. The number of hydrogen-bond donors (Lipinski definition) is 2. The van der Waals surface area contributed by atoms with Crippen LogP contribution in [0.15, 0.2) is 48.5 Å². The van der Waals surface area contributed by atoms with Gasteiger partial charge in [-0.15, -0.1) is 11.3 Å². The SMILES string of the molecule is CCOc1ccccc1NC(=O)C1CCc2sc(NC(=O)c3ccc(OC)cc3)nc21. The molecule has 2 aromatic carbocycles. The number of anilines is 2. The summed E-state index contributed by atoms with van der Waals surface area (Å²) in [4.78, 5) is 31.1. The highest BCUT2D eigenvalue weighted by Crippen LogP contribution is 2.39. The number of aromatic nitrogens is 1. The second-order valence-corrected chi connectivity index (χ2v) is 8.10. The summed E-state index contributed by atoms with van der Waals surface area (Å²) in [7, 11) is 1.58. The third kappa shape index (κ3) is 4.54. The number of hydrogen-bond acceptors (Lipinski definition) is 6. The minimum Gasteiger partial charge on any atom is -0.497 e. The summed E-state index contributed by atoms with van der Waals surface area (Å²) in [5, 5.41) is 6.30. The Morgan fingerprint density at radius 2 is 1.90 bits per heavy atom. The minimum atomic E-state index is -0.354. The normalized spacial score (nSPS) is 14.6. The number of carbonyl (C=O) groups excluding carboxylic acids is 2. The lowest BCUT2D eigenvalue weighted by Crippen LogP contribution is -2.20. The van der Waals surface area contributed by atoms with Gasteiger partial charge in [-0.1, -0.05) is 12.1 Å². The van der Waals surface area contributed by atoms with Gasteiger partial charge in [-0.3, -0.25) is 14.9 Å². The third-order valence-corrected chi connectivity index (χ3v) is 6.10. The molecule has 0 fully saturated rings. The first-order valence-electron chi connectivity index (χ1n) is 10.1. The minimum absolute atomic E-state index is 0.121. The number of aryl methyl sites for hydroxylation is 1.